The minimum Gasteiger partial charge on any atom is -0.496 e. The first-order valence-corrected chi connectivity index (χ1v) is 5.32. The van der Waals surface area contributed by atoms with E-state index in [1.807, 2.05) is 18.2 Å². The van der Waals surface area contributed by atoms with Gasteiger partial charge in [-0.25, -0.2) is 0 Å². The van der Waals surface area contributed by atoms with E-state index in [9.17, 15) is 0 Å². The molecule has 0 spiro atoms. The zero-order valence-corrected chi connectivity index (χ0v) is 8.86. The zero-order valence-electron chi connectivity index (χ0n) is 8.04. The molecule has 0 fully saturated rings. The van der Waals surface area contributed by atoms with Gasteiger partial charge in [-0.15, -0.1) is 11.8 Å². The van der Waals surface area contributed by atoms with E-state index in [4.69, 9.17) is 10.5 Å². The Morgan fingerprint density at radius 2 is 2.23 bits per heavy atom. The Bertz CT molecular complexity index is 276. The Morgan fingerprint density at radius 3 is 2.85 bits per heavy atom. The van der Waals surface area contributed by atoms with E-state index in [1.165, 1.54) is 4.90 Å². The maximum Gasteiger partial charge on any atom is 0.134 e. The molecule has 0 saturated heterocycles. The van der Waals surface area contributed by atoms with Gasteiger partial charge in [0.05, 0.1) is 7.11 Å². The maximum atomic E-state index is 5.64. The van der Waals surface area contributed by atoms with Crippen molar-refractivity contribution >= 4 is 17.4 Å². The van der Waals surface area contributed by atoms with Gasteiger partial charge >= 0.3 is 0 Å². The van der Waals surface area contributed by atoms with Crippen molar-refractivity contribution in [1.29, 1.82) is 0 Å². The topological polar surface area (TPSA) is 35.2 Å². The van der Waals surface area contributed by atoms with Gasteiger partial charge in [0.2, 0.25) is 0 Å². The molecule has 2 N–H and O–H groups in total. The predicted octanol–water partition coefficient (Wildman–Crippen LogP) is 2.78. The third kappa shape index (κ3) is 2.84. The second kappa shape index (κ2) is 5.02. The van der Waals surface area contributed by atoms with Crippen LogP contribution in [0.15, 0.2) is 23.1 Å². The zero-order chi connectivity index (χ0) is 9.68. The van der Waals surface area contributed by atoms with E-state index in [0.29, 0.717) is 0 Å². The Labute approximate surface area is 83.5 Å². The predicted molar refractivity (Wildman–Crippen MR) is 58.4 cm³/mol. The lowest BCUT2D eigenvalue weighted by Gasteiger charge is -2.07. The van der Waals surface area contributed by atoms with Gasteiger partial charge in [-0.3, -0.25) is 0 Å². The van der Waals surface area contributed by atoms with Gasteiger partial charge in [-0.05, 0) is 24.3 Å². The van der Waals surface area contributed by atoms with Gasteiger partial charge < -0.3 is 10.5 Å². The van der Waals surface area contributed by atoms with Gasteiger partial charge in [0.1, 0.15) is 5.75 Å². The van der Waals surface area contributed by atoms with Crippen LogP contribution in [0.3, 0.4) is 0 Å². The highest BCUT2D eigenvalue weighted by Crippen LogP contribution is 2.31. The van der Waals surface area contributed by atoms with E-state index < -0.39 is 0 Å². The summed E-state index contributed by atoms with van der Waals surface area (Å²) in [5, 5.41) is 0. The molecular weight excluding hydrogens is 182 g/mol. The van der Waals surface area contributed by atoms with E-state index in [-0.39, 0.29) is 0 Å². The van der Waals surface area contributed by atoms with Crippen molar-refractivity contribution in [3.63, 3.8) is 0 Å². The largest absolute Gasteiger partial charge is 0.496 e. The molecule has 1 aromatic rings. The van der Waals surface area contributed by atoms with Gasteiger partial charge in [-0.1, -0.05) is 6.92 Å². The Hall–Kier alpha value is -0.830. The summed E-state index contributed by atoms with van der Waals surface area (Å²) < 4.78 is 5.22. The lowest BCUT2D eigenvalue weighted by molar-refractivity contribution is 0.405. The molecule has 0 aliphatic rings. The Morgan fingerprint density at radius 1 is 1.46 bits per heavy atom. The minimum absolute atomic E-state index is 0.748. The third-order valence-electron chi connectivity index (χ3n) is 1.65. The first kappa shape index (κ1) is 10.3. The number of anilines is 1. The van der Waals surface area contributed by atoms with Crippen LogP contribution in [0.25, 0.3) is 0 Å². The SMILES string of the molecule is CCCSc1ccc(N)cc1OC. The fourth-order valence-corrected chi connectivity index (χ4v) is 1.89. The van der Waals surface area contributed by atoms with Crippen LogP contribution in [0.5, 0.6) is 5.75 Å². The number of nitrogen functional groups attached to an aromatic ring is 1. The molecule has 0 aliphatic carbocycles. The summed E-state index contributed by atoms with van der Waals surface area (Å²) in [5.41, 5.74) is 6.39. The average Bonchev–Trinajstić information content (AvgIpc) is 2.16. The highest BCUT2D eigenvalue weighted by molar-refractivity contribution is 7.99. The lowest BCUT2D eigenvalue weighted by atomic mass is 10.3. The molecule has 3 heteroatoms. The van der Waals surface area contributed by atoms with E-state index in [2.05, 4.69) is 6.92 Å². The number of thioether (sulfide) groups is 1. The standard InChI is InChI=1S/C10H15NOS/c1-3-6-13-10-5-4-8(11)7-9(10)12-2/h4-5,7H,3,6,11H2,1-2H3. The molecule has 0 heterocycles. The third-order valence-corrected chi connectivity index (χ3v) is 2.91. The van der Waals surface area contributed by atoms with Crippen molar-refractivity contribution in [2.45, 2.75) is 18.2 Å². The molecule has 0 bridgehead atoms. The van der Waals surface area contributed by atoms with Crippen molar-refractivity contribution < 1.29 is 4.74 Å². The summed E-state index contributed by atoms with van der Waals surface area (Å²) in [6.45, 7) is 2.16. The number of methoxy groups -OCH3 is 1. The molecular formula is C10H15NOS. The molecule has 0 aromatic heterocycles. The molecule has 0 unspecified atom stereocenters. The number of rotatable bonds is 4. The van der Waals surface area contributed by atoms with Crippen LogP contribution in [0.1, 0.15) is 13.3 Å². The fraction of sp³-hybridized carbons (Fsp3) is 0.400. The normalized spacial score (nSPS) is 10.0. The molecule has 0 radical (unpaired) electrons. The van der Waals surface area contributed by atoms with Crippen LogP contribution in [-0.2, 0) is 0 Å². The van der Waals surface area contributed by atoms with Crippen LogP contribution in [-0.4, -0.2) is 12.9 Å². The van der Waals surface area contributed by atoms with Gasteiger partial charge in [-0.2, -0.15) is 0 Å². The van der Waals surface area contributed by atoms with Crippen molar-refractivity contribution in [3.8, 4) is 5.75 Å². The molecule has 0 atom stereocenters. The molecule has 0 aliphatic heterocycles. The van der Waals surface area contributed by atoms with E-state index >= 15 is 0 Å². The summed E-state index contributed by atoms with van der Waals surface area (Å²) in [4.78, 5) is 1.17. The average molecular weight is 197 g/mol. The maximum absolute atomic E-state index is 5.64. The minimum atomic E-state index is 0.748. The van der Waals surface area contributed by atoms with Crippen molar-refractivity contribution in [1.82, 2.24) is 0 Å². The quantitative estimate of drug-likeness (QED) is 0.595. The number of benzene rings is 1. The summed E-state index contributed by atoms with van der Waals surface area (Å²) in [5.74, 6) is 1.98. The smallest absolute Gasteiger partial charge is 0.134 e. The van der Waals surface area contributed by atoms with Crippen molar-refractivity contribution in [3.05, 3.63) is 18.2 Å². The highest BCUT2D eigenvalue weighted by Gasteiger charge is 2.02. The first-order valence-electron chi connectivity index (χ1n) is 4.34. The van der Waals surface area contributed by atoms with Crippen LogP contribution in [0.2, 0.25) is 0 Å². The molecule has 72 valence electrons. The van der Waals surface area contributed by atoms with Gasteiger partial charge in [0.15, 0.2) is 0 Å². The summed E-state index contributed by atoms with van der Waals surface area (Å²) in [7, 11) is 1.67. The number of hydrogen-bond donors (Lipinski definition) is 1. The lowest BCUT2D eigenvalue weighted by Crippen LogP contribution is -1.90. The molecule has 1 aromatic carbocycles. The molecule has 1 rings (SSSR count). The molecule has 0 saturated carbocycles. The number of hydrogen-bond acceptors (Lipinski definition) is 3. The van der Waals surface area contributed by atoms with Gasteiger partial charge in [0, 0.05) is 16.6 Å². The summed E-state index contributed by atoms with van der Waals surface area (Å²) >= 11 is 1.80. The number of ether oxygens (including phenoxy) is 1. The van der Waals surface area contributed by atoms with Crippen molar-refractivity contribution in [2.24, 2.45) is 0 Å². The van der Waals surface area contributed by atoms with Crippen LogP contribution in [0.4, 0.5) is 5.69 Å². The van der Waals surface area contributed by atoms with Crippen LogP contribution in [0, 0.1) is 0 Å². The van der Waals surface area contributed by atoms with Crippen molar-refractivity contribution in [2.75, 3.05) is 18.6 Å². The number of nitrogens with two attached hydrogens (primary N) is 1. The second-order valence-electron chi connectivity index (χ2n) is 2.76. The fourth-order valence-electron chi connectivity index (χ4n) is 1.02. The Balaban J connectivity index is 2.79. The van der Waals surface area contributed by atoms with E-state index in [0.717, 1.165) is 23.6 Å². The Kier molecular flexibility index (Phi) is 3.96. The second-order valence-corrected chi connectivity index (χ2v) is 3.90. The molecule has 0 amide bonds. The van der Waals surface area contributed by atoms with E-state index in [1.54, 1.807) is 18.9 Å². The summed E-state index contributed by atoms with van der Waals surface area (Å²) in [6.07, 6.45) is 1.16. The highest BCUT2D eigenvalue weighted by atomic mass is 32.2. The van der Waals surface area contributed by atoms with Gasteiger partial charge in [0.25, 0.3) is 0 Å². The first-order chi connectivity index (χ1) is 6.27. The van der Waals surface area contributed by atoms with Crippen LogP contribution >= 0.6 is 11.8 Å². The molecule has 13 heavy (non-hydrogen) atoms. The van der Waals surface area contributed by atoms with Crippen LogP contribution < -0.4 is 10.5 Å². The summed E-state index contributed by atoms with van der Waals surface area (Å²) in [6, 6.07) is 5.77. The monoisotopic (exact) mass is 197 g/mol. The molecule has 2 nitrogen and oxygen atoms in total.